The van der Waals surface area contributed by atoms with E-state index in [1.165, 1.54) is 24.5 Å². The number of anilines is 2. The first kappa shape index (κ1) is 19.0. The predicted molar refractivity (Wildman–Crippen MR) is 115 cm³/mol. The molecule has 4 rings (SSSR count). The first-order chi connectivity index (χ1) is 13.5. The van der Waals surface area contributed by atoms with Gasteiger partial charge in [-0.2, -0.15) is 0 Å². The van der Waals surface area contributed by atoms with Gasteiger partial charge in [0.1, 0.15) is 5.82 Å². The highest BCUT2D eigenvalue weighted by Crippen LogP contribution is 2.39. The van der Waals surface area contributed by atoms with Crippen LogP contribution in [0.1, 0.15) is 43.2 Å². The van der Waals surface area contributed by atoms with E-state index in [0.717, 1.165) is 49.4 Å². The lowest BCUT2D eigenvalue weighted by atomic mass is 9.89. The summed E-state index contributed by atoms with van der Waals surface area (Å²) in [6, 6.07) is 14.2. The fourth-order valence-electron chi connectivity index (χ4n) is 4.83. The van der Waals surface area contributed by atoms with Crippen molar-refractivity contribution in [3.8, 4) is 0 Å². The van der Waals surface area contributed by atoms with Gasteiger partial charge in [-0.3, -0.25) is 4.90 Å². The van der Waals surface area contributed by atoms with Gasteiger partial charge in [0, 0.05) is 18.3 Å². The highest BCUT2D eigenvalue weighted by atomic mass is 19.1. The van der Waals surface area contributed by atoms with Crippen molar-refractivity contribution >= 4 is 11.4 Å². The van der Waals surface area contributed by atoms with E-state index in [1.54, 1.807) is 6.07 Å². The van der Waals surface area contributed by atoms with Crippen molar-refractivity contribution in [2.75, 3.05) is 30.3 Å². The van der Waals surface area contributed by atoms with Crippen LogP contribution in [0.4, 0.5) is 15.8 Å². The zero-order valence-electron chi connectivity index (χ0n) is 16.7. The van der Waals surface area contributed by atoms with Gasteiger partial charge in [-0.1, -0.05) is 36.9 Å². The third kappa shape index (κ3) is 3.79. The minimum Gasteiger partial charge on any atom is -0.397 e. The van der Waals surface area contributed by atoms with E-state index in [1.807, 2.05) is 0 Å². The molecule has 2 aromatic rings. The standard InChI is InChI=1S/C24H30FN3/c1-17-8-9-21-14-22(25)15-23(26)24(21)28(17)18(2)16-27-12-10-20(11-13-27)19-6-4-3-5-7-19/h3-7,14-15,17,20H,2,8-13,16,26H2,1H3. The molecular formula is C24H30FN3. The highest BCUT2D eigenvalue weighted by Gasteiger charge is 2.29. The van der Waals surface area contributed by atoms with Crippen molar-refractivity contribution in [3.63, 3.8) is 0 Å². The Bertz CT molecular complexity index is 840. The van der Waals surface area contributed by atoms with Crippen molar-refractivity contribution in [3.05, 3.63) is 71.7 Å². The summed E-state index contributed by atoms with van der Waals surface area (Å²) in [4.78, 5) is 4.74. The summed E-state index contributed by atoms with van der Waals surface area (Å²) >= 11 is 0. The lowest BCUT2D eigenvalue weighted by molar-refractivity contribution is 0.226. The van der Waals surface area contributed by atoms with Crippen molar-refractivity contribution < 1.29 is 4.39 Å². The van der Waals surface area contributed by atoms with E-state index in [2.05, 4.69) is 53.6 Å². The summed E-state index contributed by atoms with van der Waals surface area (Å²) in [7, 11) is 0. The Labute approximate surface area is 167 Å². The van der Waals surface area contributed by atoms with Crippen LogP contribution >= 0.6 is 0 Å². The molecule has 28 heavy (non-hydrogen) atoms. The van der Waals surface area contributed by atoms with Crippen LogP contribution in [-0.4, -0.2) is 30.6 Å². The Kier molecular flexibility index (Phi) is 5.40. The van der Waals surface area contributed by atoms with Gasteiger partial charge in [0.2, 0.25) is 0 Å². The highest BCUT2D eigenvalue weighted by molar-refractivity contribution is 5.75. The number of nitrogens with zero attached hydrogens (tertiary/aromatic N) is 2. The van der Waals surface area contributed by atoms with Crippen LogP contribution in [0.25, 0.3) is 0 Å². The van der Waals surface area contributed by atoms with Gasteiger partial charge in [0.25, 0.3) is 0 Å². The summed E-state index contributed by atoms with van der Waals surface area (Å²) in [5.74, 6) is 0.401. The van der Waals surface area contributed by atoms with Gasteiger partial charge < -0.3 is 10.6 Å². The van der Waals surface area contributed by atoms with Crippen LogP contribution in [0.3, 0.4) is 0 Å². The van der Waals surface area contributed by atoms with E-state index in [4.69, 9.17) is 5.73 Å². The molecule has 2 heterocycles. The molecule has 1 unspecified atom stereocenters. The number of nitrogen functional groups attached to an aromatic ring is 1. The molecule has 0 spiro atoms. The molecule has 3 nitrogen and oxygen atoms in total. The molecule has 4 heteroatoms. The van der Waals surface area contributed by atoms with E-state index in [-0.39, 0.29) is 5.82 Å². The Balaban J connectivity index is 1.44. The number of likely N-dealkylation sites (tertiary alicyclic amines) is 1. The van der Waals surface area contributed by atoms with Crippen LogP contribution < -0.4 is 10.6 Å². The Morgan fingerprint density at radius 3 is 2.57 bits per heavy atom. The molecule has 0 radical (unpaired) electrons. The lowest BCUT2D eigenvalue weighted by Crippen LogP contribution is -2.42. The molecule has 2 aliphatic heterocycles. The van der Waals surface area contributed by atoms with Crippen LogP contribution in [0.15, 0.2) is 54.7 Å². The minimum atomic E-state index is -0.251. The molecule has 1 fully saturated rings. The van der Waals surface area contributed by atoms with Crippen LogP contribution in [0.5, 0.6) is 0 Å². The van der Waals surface area contributed by atoms with Crippen molar-refractivity contribution in [2.24, 2.45) is 0 Å². The average Bonchev–Trinajstić information content (AvgIpc) is 2.69. The quantitative estimate of drug-likeness (QED) is 0.764. The lowest BCUT2D eigenvalue weighted by Gasteiger charge is -2.41. The summed E-state index contributed by atoms with van der Waals surface area (Å²) in [5.41, 5.74) is 11.2. The SMILES string of the molecule is C=C(CN1CCC(c2ccccc2)CC1)N1c2c(N)cc(F)cc2CCC1C. The molecule has 1 saturated heterocycles. The second kappa shape index (κ2) is 7.96. The molecule has 1 atom stereocenters. The van der Waals surface area contributed by atoms with Gasteiger partial charge in [0.15, 0.2) is 0 Å². The molecule has 0 amide bonds. The van der Waals surface area contributed by atoms with E-state index in [0.29, 0.717) is 17.6 Å². The zero-order chi connectivity index (χ0) is 19.7. The fourth-order valence-corrected chi connectivity index (χ4v) is 4.83. The number of rotatable bonds is 4. The second-order valence-corrected chi connectivity index (χ2v) is 8.29. The van der Waals surface area contributed by atoms with E-state index in [9.17, 15) is 4.39 Å². The molecule has 0 saturated carbocycles. The van der Waals surface area contributed by atoms with E-state index >= 15 is 0 Å². The van der Waals surface area contributed by atoms with Gasteiger partial charge in [-0.25, -0.2) is 4.39 Å². The smallest absolute Gasteiger partial charge is 0.125 e. The Morgan fingerprint density at radius 1 is 1.14 bits per heavy atom. The molecule has 2 aliphatic rings. The fraction of sp³-hybridized carbons (Fsp3) is 0.417. The molecule has 2 aromatic carbocycles. The number of halogens is 1. The molecule has 0 aliphatic carbocycles. The van der Waals surface area contributed by atoms with Gasteiger partial charge in [-0.15, -0.1) is 0 Å². The minimum absolute atomic E-state index is 0.251. The number of nitrogens with two attached hydrogens (primary N) is 1. The normalized spacial score (nSPS) is 20.8. The second-order valence-electron chi connectivity index (χ2n) is 8.29. The molecule has 0 bridgehead atoms. The van der Waals surface area contributed by atoms with Crippen molar-refractivity contribution in [2.45, 2.75) is 44.6 Å². The average molecular weight is 380 g/mol. The number of fused-ring (bicyclic) bond motifs is 1. The number of hydrogen-bond acceptors (Lipinski definition) is 3. The molecule has 148 valence electrons. The largest absolute Gasteiger partial charge is 0.397 e. The first-order valence-corrected chi connectivity index (χ1v) is 10.3. The summed E-state index contributed by atoms with van der Waals surface area (Å²) in [6.07, 6.45) is 4.21. The monoisotopic (exact) mass is 379 g/mol. The summed E-state index contributed by atoms with van der Waals surface area (Å²) in [6.45, 7) is 9.59. The maximum Gasteiger partial charge on any atom is 0.125 e. The topological polar surface area (TPSA) is 32.5 Å². The van der Waals surface area contributed by atoms with Crippen molar-refractivity contribution in [1.82, 2.24) is 4.90 Å². The predicted octanol–water partition coefficient (Wildman–Crippen LogP) is 4.94. The van der Waals surface area contributed by atoms with Crippen LogP contribution in [0, 0.1) is 5.82 Å². The first-order valence-electron chi connectivity index (χ1n) is 10.3. The molecule has 0 aromatic heterocycles. The number of aryl methyl sites for hydroxylation is 1. The number of piperidine rings is 1. The maximum absolute atomic E-state index is 13.8. The van der Waals surface area contributed by atoms with Gasteiger partial charge in [0.05, 0.1) is 11.4 Å². The summed E-state index contributed by atoms with van der Waals surface area (Å²) in [5, 5.41) is 0. The van der Waals surface area contributed by atoms with Gasteiger partial charge in [-0.05, 0) is 74.9 Å². The van der Waals surface area contributed by atoms with Crippen LogP contribution in [-0.2, 0) is 6.42 Å². The number of hydrogen-bond donors (Lipinski definition) is 1. The maximum atomic E-state index is 13.8. The number of benzene rings is 2. The Morgan fingerprint density at radius 2 is 1.86 bits per heavy atom. The third-order valence-electron chi connectivity index (χ3n) is 6.30. The van der Waals surface area contributed by atoms with Gasteiger partial charge >= 0.3 is 0 Å². The van der Waals surface area contributed by atoms with Crippen LogP contribution in [0.2, 0.25) is 0 Å². The third-order valence-corrected chi connectivity index (χ3v) is 6.30. The summed E-state index contributed by atoms with van der Waals surface area (Å²) < 4.78 is 13.8. The van der Waals surface area contributed by atoms with E-state index < -0.39 is 0 Å². The zero-order valence-corrected chi connectivity index (χ0v) is 16.7. The molecule has 2 N–H and O–H groups in total. The molecular weight excluding hydrogens is 349 g/mol. The van der Waals surface area contributed by atoms with Crippen molar-refractivity contribution in [1.29, 1.82) is 0 Å². The Hall–Kier alpha value is -2.33.